The van der Waals surface area contributed by atoms with Gasteiger partial charge in [0.05, 0.1) is 0 Å². The highest BCUT2D eigenvalue weighted by atomic mass is 79.9. The van der Waals surface area contributed by atoms with Crippen LogP contribution in [0.1, 0.15) is 43.0 Å². The second-order valence-electron chi connectivity index (χ2n) is 5.09. The van der Waals surface area contributed by atoms with E-state index < -0.39 is 0 Å². The topological polar surface area (TPSA) is 29.1 Å². The average Bonchev–Trinajstić information content (AvgIpc) is 2.31. The first-order valence-corrected chi connectivity index (χ1v) is 7.90. The van der Waals surface area contributed by atoms with Crippen LogP contribution < -0.4 is 5.32 Å². The minimum absolute atomic E-state index is 0.0246. The van der Waals surface area contributed by atoms with Gasteiger partial charge in [0.15, 0.2) is 0 Å². The van der Waals surface area contributed by atoms with Gasteiger partial charge in [-0.1, -0.05) is 38.8 Å². The smallest absolute Gasteiger partial charge is 0.251 e. The van der Waals surface area contributed by atoms with E-state index in [1.54, 1.807) is 0 Å². The van der Waals surface area contributed by atoms with Gasteiger partial charge in [0.2, 0.25) is 0 Å². The van der Waals surface area contributed by atoms with Crippen molar-refractivity contribution >= 4 is 37.8 Å². The molecule has 0 unspecified atom stereocenters. The van der Waals surface area contributed by atoms with Crippen LogP contribution in [0.5, 0.6) is 0 Å². The van der Waals surface area contributed by atoms with Crippen LogP contribution in [0.3, 0.4) is 0 Å². The summed E-state index contributed by atoms with van der Waals surface area (Å²) < 4.78 is 1.83. The zero-order valence-electron chi connectivity index (χ0n) is 10.4. The lowest BCUT2D eigenvalue weighted by atomic mass is 9.87. The lowest BCUT2D eigenvalue weighted by Crippen LogP contribution is -2.37. The van der Waals surface area contributed by atoms with Gasteiger partial charge in [0.25, 0.3) is 5.91 Å². The van der Waals surface area contributed by atoms with Gasteiger partial charge < -0.3 is 5.32 Å². The summed E-state index contributed by atoms with van der Waals surface area (Å²) in [5.41, 5.74) is 0.704. The van der Waals surface area contributed by atoms with E-state index in [4.69, 9.17) is 0 Å². The SMILES string of the molecule is CC1CCC(NC(=O)c2cc(Br)cc(Br)c2)CC1. The summed E-state index contributed by atoms with van der Waals surface area (Å²) in [5.74, 6) is 0.828. The van der Waals surface area contributed by atoms with Gasteiger partial charge in [0.1, 0.15) is 0 Å². The zero-order chi connectivity index (χ0) is 13.1. The van der Waals surface area contributed by atoms with E-state index >= 15 is 0 Å². The molecule has 0 bridgehead atoms. The van der Waals surface area contributed by atoms with Gasteiger partial charge in [-0.15, -0.1) is 0 Å². The molecule has 1 aromatic rings. The number of amides is 1. The van der Waals surface area contributed by atoms with Crippen LogP contribution in [0, 0.1) is 5.92 Å². The number of nitrogens with one attached hydrogen (secondary N) is 1. The molecule has 0 heterocycles. The maximum Gasteiger partial charge on any atom is 0.251 e. The van der Waals surface area contributed by atoms with E-state index in [-0.39, 0.29) is 5.91 Å². The molecular weight excluding hydrogens is 358 g/mol. The molecule has 2 nitrogen and oxygen atoms in total. The predicted octanol–water partition coefficient (Wildman–Crippen LogP) is 4.52. The molecule has 0 saturated heterocycles. The van der Waals surface area contributed by atoms with Gasteiger partial charge >= 0.3 is 0 Å². The molecule has 1 fully saturated rings. The largest absolute Gasteiger partial charge is 0.349 e. The summed E-state index contributed by atoms with van der Waals surface area (Å²) in [6, 6.07) is 5.97. The molecule has 1 N–H and O–H groups in total. The van der Waals surface area contributed by atoms with E-state index in [0.717, 1.165) is 27.7 Å². The Kier molecular flexibility index (Phi) is 4.84. The first kappa shape index (κ1) is 14.1. The van der Waals surface area contributed by atoms with Crippen LogP contribution in [0.2, 0.25) is 0 Å². The number of benzene rings is 1. The molecule has 0 spiro atoms. The van der Waals surface area contributed by atoms with Gasteiger partial charge in [-0.05, 0) is 49.8 Å². The third-order valence-corrected chi connectivity index (χ3v) is 4.39. The molecule has 1 aromatic carbocycles. The van der Waals surface area contributed by atoms with Crippen molar-refractivity contribution in [2.75, 3.05) is 0 Å². The van der Waals surface area contributed by atoms with Crippen LogP contribution in [-0.4, -0.2) is 11.9 Å². The molecule has 0 atom stereocenters. The van der Waals surface area contributed by atoms with Crippen LogP contribution in [-0.2, 0) is 0 Å². The molecule has 1 amide bonds. The second kappa shape index (κ2) is 6.20. The summed E-state index contributed by atoms with van der Waals surface area (Å²) in [5, 5.41) is 3.13. The fraction of sp³-hybridized carbons (Fsp3) is 0.500. The molecule has 1 aliphatic carbocycles. The molecule has 1 aliphatic rings. The number of rotatable bonds is 2. The van der Waals surface area contributed by atoms with E-state index in [1.807, 2.05) is 18.2 Å². The van der Waals surface area contributed by atoms with E-state index in [2.05, 4.69) is 44.1 Å². The second-order valence-corrected chi connectivity index (χ2v) is 6.92. The Balaban J connectivity index is 1.99. The van der Waals surface area contributed by atoms with Crippen LogP contribution >= 0.6 is 31.9 Å². The highest BCUT2D eigenvalue weighted by Crippen LogP contribution is 2.24. The van der Waals surface area contributed by atoms with Crippen molar-refractivity contribution in [3.05, 3.63) is 32.7 Å². The Labute approximate surface area is 125 Å². The third kappa shape index (κ3) is 3.82. The number of carbonyl (C=O) groups is 1. The van der Waals surface area contributed by atoms with Crippen LogP contribution in [0.15, 0.2) is 27.1 Å². The minimum atomic E-state index is 0.0246. The number of halogens is 2. The Morgan fingerprint density at radius 2 is 1.67 bits per heavy atom. The summed E-state index contributed by atoms with van der Waals surface area (Å²) in [6.07, 6.45) is 4.63. The number of hydrogen-bond acceptors (Lipinski definition) is 1. The quantitative estimate of drug-likeness (QED) is 0.809. The minimum Gasteiger partial charge on any atom is -0.349 e. The van der Waals surface area contributed by atoms with Crippen molar-refractivity contribution in [3.63, 3.8) is 0 Å². The summed E-state index contributed by atoms with van der Waals surface area (Å²) in [7, 11) is 0. The van der Waals surface area contributed by atoms with Crippen molar-refractivity contribution in [1.82, 2.24) is 5.32 Å². The lowest BCUT2D eigenvalue weighted by molar-refractivity contribution is 0.0923. The molecule has 98 valence electrons. The van der Waals surface area contributed by atoms with Gasteiger partial charge in [0, 0.05) is 20.6 Å². The monoisotopic (exact) mass is 373 g/mol. The third-order valence-electron chi connectivity index (χ3n) is 3.48. The first-order chi connectivity index (χ1) is 8.54. The molecule has 2 rings (SSSR count). The van der Waals surface area contributed by atoms with E-state index in [0.29, 0.717) is 11.6 Å². The fourth-order valence-corrected chi connectivity index (χ4v) is 3.65. The maximum atomic E-state index is 12.1. The fourth-order valence-electron chi connectivity index (χ4n) is 2.36. The van der Waals surface area contributed by atoms with Gasteiger partial charge in [-0.3, -0.25) is 4.79 Å². The molecule has 0 radical (unpaired) electrons. The Hall–Kier alpha value is -0.350. The van der Waals surface area contributed by atoms with Gasteiger partial charge in [-0.25, -0.2) is 0 Å². The average molecular weight is 375 g/mol. The van der Waals surface area contributed by atoms with Crippen molar-refractivity contribution in [3.8, 4) is 0 Å². The van der Waals surface area contributed by atoms with Gasteiger partial charge in [-0.2, -0.15) is 0 Å². The molecule has 0 aliphatic heterocycles. The summed E-state index contributed by atoms with van der Waals surface area (Å²) in [6.45, 7) is 2.28. The highest BCUT2D eigenvalue weighted by Gasteiger charge is 2.20. The summed E-state index contributed by atoms with van der Waals surface area (Å²) >= 11 is 6.81. The molecule has 4 heteroatoms. The summed E-state index contributed by atoms with van der Waals surface area (Å²) in [4.78, 5) is 12.1. The molecule has 1 saturated carbocycles. The molecule has 18 heavy (non-hydrogen) atoms. The number of hydrogen-bond donors (Lipinski definition) is 1. The van der Waals surface area contributed by atoms with Crippen LogP contribution in [0.25, 0.3) is 0 Å². The molecular formula is C14H17Br2NO. The molecule has 0 aromatic heterocycles. The van der Waals surface area contributed by atoms with Crippen molar-refractivity contribution in [2.45, 2.75) is 38.6 Å². The van der Waals surface area contributed by atoms with E-state index in [9.17, 15) is 4.79 Å². The number of carbonyl (C=O) groups excluding carboxylic acids is 1. The predicted molar refractivity (Wildman–Crippen MR) is 80.7 cm³/mol. The van der Waals surface area contributed by atoms with Crippen molar-refractivity contribution in [2.24, 2.45) is 5.92 Å². The van der Waals surface area contributed by atoms with Crippen LogP contribution in [0.4, 0.5) is 0 Å². The highest BCUT2D eigenvalue weighted by molar-refractivity contribution is 9.11. The standard InChI is InChI=1S/C14H17Br2NO/c1-9-2-4-13(5-3-9)17-14(18)10-6-11(15)8-12(16)7-10/h6-9,13H,2-5H2,1H3,(H,17,18). The lowest BCUT2D eigenvalue weighted by Gasteiger charge is -2.26. The van der Waals surface area contributed by atoms with Crippen molar-refractivity contribution < 1.29 is 4.79 Å². The normalized spacial score (nSPS) is 23.7. The van der Waals surface area contributed by atoms with Crippen molar-refractivity contribution in [1.29, 1.82) is 0 Å². The zero-order valence-corrected chi connectivity index (χ0v) is 13.6. The van der Waals surface area contributed by atoms with E-state index in [1.165, 1.54) is 12.8 Å². The Morgan fingerprint density at radius 3 is 2.22 bits per heavy atom. The first-order valence-electron chi connectivity index (χ1n) is 6.31. The Bertz CT molecular complexity index is 419. The maximum absolute atomic E-state index is 12.1. The Morgan fingerprint density at radius 1 is 1.11 bits per heavy atom.